The van der Waals surface area contributed by atoms with Crippen LogP contribution in [0.1, 0.15) is 21.6 Å². The summed E-state index contributed by atoms with van der Waals surface area (Å²) in [5.41, 5.74) is 3.59. The molecule has 3 heterocycles. The highest BCUT2D eigenvalue weighted by molar-refractivity contribution is 5.88. The number of methoxy groups -OCH3 is 1. The molecule has 7 nitrogen and oxygen atoms in total. The van der Waals surface area contributed by atoms with E-state index in [1.54, 1.807) is 18.3 Å². The van der Waals surface area contributed by atoms with Crippen molar-refractivity contribution >= 4 is 5.97 Å². The number of aryl methyl sites for hydroxylation is 1. The molecule has 0 N–H and O–H groups in total. The lowest BCUT2D eigenvalue weighted by Crippen LogP contribution is -2.03. The third-order valence-electron chi connectivity index (χ3n) is 3.36. The largest absolute Gasteiger partial charge is 0.473 e. The molecule has 0 amide bonds. The highest BCUT2D eigenvalue weighted by atomic mass is 16.5. The predicted octanol–water partition coefficient (Wildman–Crippen LogP) is 2.81. The maximum atomic E-state index is 11.4. The predicted molar refractivity (Wildman–Crippen MR) is 84.4 cm³/mol. The molecule has 122 valence electrons. The molecule has 0 aliphatic carbocycles. The van der Waals surface area contributed by atoms with Crippen LogP contribution in [0.4, 0.5) is 0 Å². The lowest BCUT2D eigenvalue weighted by molar-refractivity contribution is 0.0600. The molecular formula is C17H15N3O4. The number of hydrogen-bond acceptors (Lipinski definition) is 7. The zero-order valence-corrected chi connectivity index (χ0v) is 13.2. The van der Waals surface area contributed by atoms with E-state index in [2.05, 4.69) is 19.9 Å². The van der Waals surface area contributed by atoms with Gasteiger partial charge in [-0.1, -0.05) is 5.16 Å². The topological polar surface area (TPSA) is 87.3 Å². The van der Waals surface area contributed by atoms with E-state index < -0.39 is 5.97 Å². The van der Waals surface area contributed by atoms with Crippen LogP contribution in [0.3, 0.4) is 0 Å². The van der Waals surface area contributed by atoms with Gasteiger partial charge in [-0.05, 0) is 25.1 Å². The Bertz CT molecular complexity index is 826. The van der Waals surface area contributed by atoms with Crippen LogP contribution < -0.4 is 4.74 Å². The number of nitrogens with zero attached hydrogens (tertiary/aromatic N) is 3. The van der Waals surface area contributed by atoms with Crippen LogP contribution in [-0.2, 0) is 11.3 Å². The van der Waals surface area contributed by atoms with Crippen LogP contribution in [0.15, 0.2) is 47.4 Å². The van der Waals surface area contributed by atoms with E-state index >= 15 is 0 Å². The summed E-state index contributed by atoms with van der Waals surface area (Å²) in [4.78, 5) is 19.7. The molecule has 0 bridgehead atoms. The molecule has 0 saturated carbocycles. The highest BCUT2D eigenvalue weighted by Gasteiger charge is 2.12. The maximum absolute atomic E-state index is 11.4. The fourth-order valence-electron chi connectivity index (χ4n) is 2.06. The average molecular weight is 325 g/mol. The van der Waals surface area contributed by atoms with E-state index in [1.165, 1.54) is 19.6 Å². The van der Waals surface area contributed by atoms with E-state index in [4.69, 9.17) is 9.26 Å². The Labute approximate surface area is 138 Å². The van der Waals surface area contributed by atoms with Gasteiger partial charge in [0.2, 0.25) is 5.88 Å². The molecule has 0 spiro atoms. The molecule has 24 heavy (non-hydrogen) atoms. The Hall–Kier alpha value is -3.22. The number of pyridine rings is 2. The summed E-state index contributed by atoms with van der Waals surface area (Å²) in [6, 6.07) is 7.02. The first-order chi connectivity index (χ1) is 11.7. The summed E-state index contributed by atoms with van der Waals surface area (Å²) in [7, 11) is 1.32. The first kappa shape index (κ1) is 15.7. The second-order valence-electron chi connectivity index (χ2n) is 5.04. The quantitative estimate of drug-likeness (QED) is 0.666. The summed E-state index contributed by atoms with van der Waals surface area (Å²) in [5.74, 6) is -0.0564. The van der Waals surface area contributed by atoms with Crippen molar-refractivity contribution in [1.82, 2.24) is 15.1 Å². The molecule has 0 aliphatic rings. The lowest BCUT2D eigenvalue weighted by Gasteiger charge is -2.05. The van der Waals surface area contributed by atoms with Crippen LogP contribution in [-0.4, -0.2) is 28.2 Å². The summed E-state index contributed by atoms with van der Waals surface area (Å²) >= 11 is 0. The fraction of sp³-hybridized carbons (Fsp3) is 0.176. The SMILES string of the molecule is COC(=O)c1ccc(OCc2conc2-c2ccc(C)nc2)nc1. The Kier molecular flexibility index (Phi) is 4.51. The minimum atomic E-state index is -0.442. The van der Waals surface area contributed by atoms with Gasteiger partial charge in [-0.3, -0.25) is 4.98 Å². The number of carbonyl (C=O) groups is 1. The smallest absolute Gasteiger partial charge is 0.339 e. The standard InChI is InChI=1S/C17H15N3O4/c1-11-3-4-12(7-18-11)16-14(10-24-20-16)9-23-15-6-5-13(8-19-15)17(21)22-2/h3-8,10H,9H2,1-2H3. The van der Waals surface area contributed by atoms with Gasteiger partial charge in [-0.25, -0.2) is 9.78 Å². The Morgan fingerprint density at radius 2 is 2.04 bits per heavy atom. The van der Waals surface area contributed by atoms with Crippen molar-refractivity contribution in [1.29, 1.82) is 0 Å². The van der Waals surface area contributed by atoms with Gasteiger partial charge in [0, 0.05) is 29.7 Å². The summed E-state index contributed by atoms with van der Waals surface area (Å²) in [5, 5.41) is 4.00. The van der Waals surface area contributed by atoms with Crippen molar-refractivity contribution < 1.29 is 18.8 Å². The van der Waals surface area contributed by atoms with E-state index in [9.17, 15) is 4.79 Å². The molecular weight excluding hydrogens is 310 g/mol. The molecule has 3 aromatic rings. The molecule has 0 radical (unpaired) electrons. The Morgan fingerprint density at radius 3 is 2.71 bits per heavy atom. The van der Waals surface area contributed by atoms with Gasteiger partial charge in [-0.15, -0.1) is 0 Å². The minimum Gasteiger partial charge on any atom is -0.473 e. The number of rotatable bonds is 5. The Balaban J connectivity index is 1.70. The first-order valence-corrected chi connectivity index (χ1v) is 7.21. The van der Waals surface area contributed by atoms with Gasteiger partial charge in [0.15, 0.2) is 0 Å². The first-order valence-electron chi connectivity index (χ1n) is 7.21. The van der Waals surface area contributed by atoms with E-state index in [1.807, 2.05) is 19.1 Å². The molecule has 0 aliphatic heterocycles. The molecule has 0 unspecified atom stereocenters. The van der Waals surface area contributed by atoms with E-state index in [-0.39, 0.29) is 6.61 Å². The summed E-state index contributed by atoms with van der Waals surface area (Å²) in [6.07, 6.45) is 4.66. The molecule has 3 aromatic heterocycles. The normalized spacial score (nSPS) is 10.4. The molecule has 3 rings (SSSR count). The molecule has 0 aromatic carbocycles. The van der Waals surface area contributed by atoms with Gasteiger partial charge in [0.25, 0.3) is 0 Å². The van der Waals surface area contributed by atoms with E-state index in [0.29, 0.717) is 17.1 Å². The molecule has 0 fully saturated rings. The van der Waals surface area contributed by atoms with Crippen LogP contribution >= 0.6 is 0 Å². The number of hydrogen-bond donors (Lipinski definition) is 0. The summed E-state index contributed by atoms with van der Waals surface area (Å²) < 4.78 is 15.3. The summed E-state index contributed by atoms with van der Waals surface area (Å²) in [6.45, 7) is 2.15. The van der Waals surface area contributed by atoms with Gasteiger partial charge < -0.3 is 14.0 Å². The van der Waals surface area contributed by atoms with Gasteiger partial charge in [0.05, 0.1) is 18.2 Å². The zero-order chi connectivity index (χ0) is 16.9. The van der Waals surface area contributed by atoms with E-state index in [0.717, 1.165) is 16.8 Å². The van der Waals surface area contributed by atoms with Crippen molar-refractivity contribution in [2.24, 2.45) is 0 Å². The van der Waals surface area contributed by atoms with Crippen molar-refractivity contribution in [3.05, 3.63) is 59.7 Å². The minimum absolute atomic E-state index is 0.233. The average Bonchev–Trinajstić information content (AvgIpc) is 3.09. The van der Waals surface area contributed by atoms with Crippen molar-refractivity contribution in [3.8, 4) is 17.1 Å². The van der Waals surface area contributed by atoms with Gasteiger partial charge in [-0.2, -0.15) is 0 Å². The highest BCUT2D eigenvalue weighted by Crippen LogP contribution is 2.22. The van der Waals surface area contributed by atoms with Crippen LogP contribution in [0.2, 0.25) is 0 Å². The monoisotopic (exact) mass is 325 g/mol. The van der Waals surface area contributed by atoms with Gasteiger partial charge >= 0.3 is 5.97 Å². The second-order valence-corrected chi connectivity index (χ2v) is 5.04. The third kappa shape index (κ3) is 3.40. The molecule has 0 saturated heterocycles. The molecule has 0 atom stereocenters. The molecule has 7 heteroatoms. The van der Waals surface area contributed by atoms with Crippen molar-refractivity contribution in [2.75, 3.05) is 7.11 Å². The van der Waals surface area contributed by atoms with Crippen molar-refractivity contribution in [2.45, 2.75) is 13.5 Å². The number of ether oxygens (including phenoxy) is 2. The number of carbonyl (C=O) groups excluding carboxylic acids is 1. The second kappa shape index (κ2) is 6.91. The lowest BCUT2D eigenvalue weighted by atomic mass is 10.1. The van der Waals surface area contributed by atoms with Crippen LogP contribution in [0.5, 0.6) is 5.88 Å². The Morgan fingerprint density at radius 1 is 1.17 bits per heavy atom. The third-order valence-corrected chi connectivity index (χ3v) is 3.36. The van der Waals surface area contributed by atoms with Crippen molar-refractivity contribution in [3.63, 3.8) is 0 Å². The maximum Gasteiger partial charge on any atom is 0.339 e. The zero-order valence-electron chi connectivity index (χ0n) is 13.2. The number of esters is 1. The fourth-order valence-corrected chi connectivity index (χ4v) is 2.06. The van der Waals surface area contributed by atoms with Gasteiger partial charge in [0.1, 0.15) is 18.6 Å². The van der Waals surface area contributed by atoms with Crippen LogP contribution in [0.25, 0.3) is 11.3 Å². The van der Waals surface area contributed by atoms with Crippen LogP contribution in [0, 0.1) is 6.92 Å². The number of aromatic nitrogens is 3.